The van der Waals surface area contributed by atoms with Crippen LogP contribution in [0.5, 0.6) is 0 Å². The Hall–Kier alpha value is -1.10. The van der Waals surface area contributed by atoms with Gasteiger partial charge in [-0.3, -0.25) is 4.90 Å². The average molecular weight is 283 g/mol. The van der Waals surface area contributed by atoms with E-state index in [0.29, 0.717) is 10.6 Å². The van der Waals surface area contributed by atoms with E-state index < -0.39 is 0 Å². The van der Waals surface area contributed by atoms with Gasteiger partial charge in [0.15, 0.2) is 0 Å². The Labute approximate surface area is 118 Å². The van der Waals surface area contributed by atoms with Gasteiger partial charge >= 0.3 is 5.97 Å². The van der Waals surface area contributed by atoms with Gasteiger partial charge < -0.3 is 10.1 Å². The van der Waals surface area contributed by atoms with E-state index in [1.54, 1.807) is 12.1 Å². The molecule has 1 aromatic rings. The minimum Gasteiger partial charge on any atom is -0.465 e. The van der Waals surface area contributed by atoms with Gasteiger partial charge in [-0.2, -0.15) is 0 Å². The van der Waals surface area contributed by atoms with E-state index >= 15 is 0 Å². The van der Waals surface area contributed by atoms with E-state index in [9.17, 15) is 4.79 Å². The molecule has 2 rings (SSSR count). The summed E-state index contributed by atoms with van der Waals surface area (Å²) in [5.41, 5.74) is 1.53. The zero-order valence-corrected chi connectivity index (χ0v) is 11.9. The lowest BCUT2D eigenvalue weighted by Crippen LogP contribution is -2.27. The molecular weight excluding hydrogens is 264 g/mol. The van der Waals surface area contributed by atoms with E-state index in [-0.39, 0.29) is 5.97 Å². The highest BCUT2D eigenvalue weighted by Gasteiger charge is 2.13. The molecule has 0 bridgehead atoms. The van der Waals surface area contributed by atoms with Crippen molar-refractivity contribution >= 4 is 17.6 Å². The molecule has 1 heterocycles. The second-order valence-electron chi connectivity index (χ2n) is 4.68. The van der Waals surface area contributed by atoms with Crippen molar-refractivity contribution in [2.24, 2.45) is 0 Å². The number of hydrogen-bond donors (Lipinski definition) is 1. The minimum absolute atomic E-state index is 0.324. The number of halogens is 1. The summed E-state index contributed by atoms with van der Waals surface area (Å²) in [6.07, 6.45) is 1.13. The highest BCUT2D eigenvalue weighted by Crippen LogP contribution is 2.20. The number of carbonyl (C=O) groups is 1. The van der Waals surface area contributed by atoms with Crippen molar-refractivity contribution in [2.75, 3.05) is 33.3 Å². The lowest BCUT2D eigenvalue weighted by atomic mass is 10.1. The molecule has 0 unspecified atom stereocenters. The number of esters is 1. The van der Waals surface area contributed by atoms with E-state index in [2.05, 4.69) is 10.2 Å². The maximum Gasteiger partial charge on any atom is 0.337 e. The highest BCUT2D eigenvalue weighted by molar-refractivity contribution is 6.31. The van der Waals surface area contributed by atoms with Crippen LogP contribution in [0.4, 0.5) is 0 Å². The smallest absolute Gasteiger partial charge is 0.337 e. The molecule has 0 spiro atoms. The van der Waals surface area contributed by atoms with Crippen molar-refractivity contribution < 1.29 is 9.53 Å². The normalized spacial score (nSPS) is 16.9. The van der Waals surface area contributed by atoms with Crippen molar-refractivity contribution in [3.63, 3.8) is 0 Å². The first kappa shape index (κ1) is 14.3. The maximum atomic E-state index is 11.5. The molecule has 0 radical (unpaired) electrons. The Morgan fingerprint density at radius 1 is 1.42 bits per heavy atom. The van der Waals surface area contributed by atoms with Crippen molar-refractivity contribution in [3.05, 3.63) is 34.3 Å². The molecule has 0 saturated carbocycles. The molecular formula is C14H19ClN2O2. The van der Waals surface area contributed by atoms with Crippen LogP contribution in [0.1, 0.15) is 22.3 Å². The summed E-state index contributed by atoms with van der Waals surface area (Å²) in [6, 6.07) is 5.29. The predicted molar refractivity (Wildman–Crippen MR) is 75.6 cm³/mol. The van der Waals surface area contributed by atoms with E-state index in [0.717, 1.165) is 44.7 Å². The second kappa shape index (κ2) is 6.89. The molecule has 1 aliphatic rings. The fourth-order valence-corrected chi connectivity index (χ4v) is 2.42. The van der Waals surface area contributed by atoms with Gasteiger partial charge in [0.25, 0.3) is 0 Å². The molecule has 0 atom stereocenters. The van der Waals surface area contributed by atoms with Crippen molar-refractivity contribution in [2.45, 2.75) is 13.0 Å². The van der Waals surface area contributed by atoms with Crippen molar-refractivity contribution in [1.29, 1.82) is 0 Å². The summed E-state index contributed by atoms with van der Waals surface area (Å²) in [5, 5.41) is 4.07. The number of nitrogens with zero attached hydrogens (tertiary/aromatic N) is 1. The topological polar surface area (TPSA) is 41.6 Å². The largest absolute Gasteiger partial charge is 0.465 e. The first-order valence-corrected chi connectivity index (χ1v) is 6.88. The molecule has 4 nitrogen and oxygen atoms in total. The van der Waals surface area contributed by atoms with Crippen molar-refractivity contribution in [1.82, 2.24) is 10.2 Å². The Morgan fingerprint density at radius 3 is 3.05 bits per heavy atom. The summed E-state index contributed by atoms with van der Waals surface area (Å²) in [6.45, 7) is 4.87. The SMILES string of the molecule is COC(=O)c1ccc(Cl)c(CN2CCCNCC2)c1. The molecule has 0 amide bonds. The third-order valence-electron chi connectivity index (χ3n) is 3.29. The van der Waals surface area contributed by atoms with Crippen LogP contribution in [0.15, 0.2) is 18.2 Å². The number of methoxy groups -OCH3 is 1. The number of ether oxygens (including phenoxy) is 1. The van der Waals surface area contributed by atoms with Gasteiger partial charge in [0.05, 0.1) is 12.7 Å². The van der Waals surface area contributed by atoms with Crippen molar-refractivity contribution in [3.8, 4) is 0 Å². The predicted octanol–water partition coefficient (Wildman–Crippen LogP) is 1.92. The molecule has 19 heavy (non-hydrogen) atoms. The maximum absolute atomic E-state index is 11.5. The van der Waals surface area contributed by atoms with Crippen LogP contribution in [-0.4, -0.2) is 44.2 Å². The number of carbonyl (C=O) groups excluding carboxylic acids is 1. The Morgan fingerprint density at radius 2 is 2.26 bits per heavy atom. The number of hydrogen-bond acceptors (Lipinski definition) is 4. The van der Waals surface area contributed by atoms with E-state index in [4.69, 9.17) is 16.3 Å². The van der Waals surface area contributed by atoms with Crippen LogP contribution < -0.4 is 5.32 Å². The van der Waals surface area contributed by atoms with Crippen LogP contribution in [0.2, 0.25) is 5.02 Å². The fourth-order valence-electron chi connectivity index (χ4n) is 2.24. The summed E-state index contributed by atoms with van der Waals surface area (Å²) < 4.78 is 4.74. The molecule has 1 aromatic carbocycles. The molecule has 1 N–H and O–H groups in total. The standard InChI is InChI=1S/C14H19ClN2O2/c1-19-14(18)11-3-4-13(15)12(9-11)10-17-7-2-5-16-6-8-17/h3-4,9,16H,2,5-8,10H2,1H3. The summed E-state index contributed by atoms with van der Waals surface area (Å²) >= 11 is 6.21. The number of rotatable bonds is 3. The van der Waals surface area contributed by atoms with Gasteiger partial charge in [-0.25, -0.2) is 4.79 Å². The number of benzene rings is 1. The lowest BCUT2D eigenvalue weighted by Gasteiger charge is -2.20. The van der Waals surface area contributed by atoms with Crippen LogP contribution >= 0.6 is 11.6 Å². The zero-order valence-electron chi connectivity index (χ0n) is 11.1. The summed E-state index contributed by atoms with van der Waals surface area (Å²) in [7, 11) is 1.39. The zero-order chi connectivity index (χ0) is 13.7. The monoisotopic (exact) mass is 282 g/mol. The summed E-state index contributed by atoms with van der Waals surface area (Å²) in [5.74, 6) is -0.324. The Bertz CT molecular complexity index is 443. The van der Waals surface area contributed by atoms with Crippen LogP contribution in [0, 0.1) is 0 Å². The van der Waals surface area contributed by atoms with Gasteiger partial charge in [-0.15, -0.1) is 0 Å². The molecule has 1 saturated heterocycles. The van der Waals surface area contributed by atoms with Crippen LogP contribution in [-0.2, 0) is 11.3 Å². The third kappa shape index (κ3) is 3.93. The fraction of sp³-hybridized carbons (Fsp3) is 0.500. The third-order valence-corrected chi connectivity index (χ3v) is 3.66. The minimum atomic E-state index is -0.324. The second-order valence-corrected chi connectivity index (χ2v) is 5.08. The van der Waals surface area contributed by atoms with Crippen LogP contribution in [0.3, 0.4) is 0 Å². The first-order chi connectivity index (χ1) is 9.20. The van der Waals surface area contributed by atoms with Gasteiger partial charge in [0.1, 0.15) is 0 Å². The lowest BCUT2D eigenvalue weighted by molar-refractivity contribution is 0.0600. The molecule has 104 valence electrons. The van der Waals surface area contributed by atoms with Gasteiger partial charge in [-0.1, -0.05) is 11.6 Å². The van der Waals surface area contributed by atoms with E-state index in [1.165, 1.54) is 7.11 Å². The van der Waals surface area contributed by atoms with E-state index in [1.807, 2.05) is 6.07 Å². The van der Waals surface area contributed by atoms with Gasteiger partial charge in [0, 0.05) is 24.7 Å². The first-order valence-electron chi connectivity index (χ1n) is 6.50. The quantitative estimate of drug-likeness (QED) is 0.860. The average Bonchev–Trinajstić information content (AvgIpc) is 2.69. The Kier molecular flexibility index (Phi) is 5.19. The summed E-state index contributed by atoms with van der Waals surface area (Å²) in [4.78, 5) is 13.9. The Balaban J connectivity index is 2.11. The van der Waals surface area contributed by atoms with Gasteiger partial charge in [-0.05, 0) is 43.3 Å². The molecule has 1 fully saturated rings. The van der Waals surface area contributed by atoms with Gasteiger partial charge in [0.2, 0.25) is 0 Å². The highest BCUT2D eigenvalue weighted by atomic mass is 35.5. The van der Waals surface area contributed by atoms with Crippen LogP contribution in [0.25, 0.3) is 0 Å². The molecule has 0 aromatic heterocycles. The molecule has 1 aliphatic heterocycles. The molecule has 0 aliphatic carbocycles. The number of nitrogens with one attached hydrogen (secondary N) is 1. The molecule has 5 heteroatoms.